The van der Waals surface area contributed by atoms with E-state index in [0.717, 1.165) is 16.1 Å². The summed E-state index contributed by atoms with van der Waals surface area (Å²) in [6.07, 6.45) is 1.37. The minimum Gasteiger partial charge on any atom is -0.350 e. The number of nitrogens with one attached hydrogen (secondary N) is 1. The van der Waals surface area contributed by atoms with E-state index in [1.165, 1.54) is 4.90 Å². The lowest BCUT2D eigenvalue weighted by molar-refractivity contribution is -0.141. The summed E-state index contributed by atoms with van der Waals surface area (Å²) < 4.78 is 26.9. The van der Waals surface area contributed by atoms with Gasteiger partial charge in [-0.05, 0) is 56.9 Å². The third kappa shape index (κ3) is 8.35. The van der Waals surface area contributed by atoms with Crippen LogP contribution in [0.4, 0.5) is 5.69 Å². The fraction of sp³-hybridized carbons (Fsp3) is 0.481. The Morgan fingerprint density at radius 1 is 1.00 bits per heavy atom. The third-order valence-corrected chi connectivity index (χ3v) is 7.62. The summed E-state index contributed by atoms with van der Waals surface area (Å²) in [7, 11) is -3.84. The molecule has 37 heavy (non-hydrogen) atoms. The average Bonchev–Trinajstić information content (AvgIpc) is 2.77. The Kier molecular flexibility index (Phi) is 10.5. The minimum absolute atomic E-state index is 0.0227. The number of hydrogen-bond donors (Lipinski definition) is 1. The topological polar surface area (TPSA) is 86.8 Å². The maximum absolute atomic E-state index is 13.9. The molecule has 0 radical (unpaired) electrons. The van der Waals surface area contributed by atoms with Gasteiger partial charge in [-0.25, -0.2) is 8.42 Å². The van der Waals surface area contributed by atoms with Gasteiger partial charge in [0.25, 0.3) is 0 Å². The highest BCUT2D eigenvalue weighted by Gasteiger charge is 2.34. The van der Waals surface area contributed by atoms with Gasteiger partial charge in [0, 0.05) is 27.7 Å². The first-order valence-electron chi connectivity index (χ1n) is 12.2. The summed E-state index contributed by atoms with van der Waals surface area (Å²) in [6.45, 7) is 10.7. The standard InChI is InChI=1S/C27H37Cl2N3O4S/c1-8-23(26(34)30-27(4,5)6)31(16-20-21(28)13-11-14-22(20)29)25(33)17-32(37(7,35)36)24-15-10-9-12-19(24)18(2)3/h9-15,18,23H,8,16-17H2,1-7H3,(H,30,34)/t23-/m1/s1. The second kappa shape index (κ2) is 12.5. The molecule has 0 aromatic heterocycles. The van der Waals surface area contributed by atoms with Crippen LogP contribution in [-0.4, -0.2) is 49.5 Å². The van der Waals surface area contributed by atoms with Crippen LogP contribution in [0.1, 0.15) is 65.0 Å². The molecule has 2 aromatic rings. The highest BCUT2D eigenvalue weighted by atomic mass is 35.5. The summed E-state index contributed by atoms with van der Waals surface area (Å²) in [4.78, 5) is 28.6. The molecule has 0 spiro atoms. The number of anilines is 1. The molecule has 0 aliphatic carbocycles. The Labute approximate surface area is 231 Å². The molecule has 2 amide bonds. The maximum Gasteiger partial charge on any atom is 0.244 e. The van der Waals surface area contributed by atoms with Gasteiger partial charge in [0.2, 0.25) is 21.8 Å². The Morgan fingerprint density at radius 3 is 2.05 bits per heavy atom. The lowest BCUT2D eigenvalue weighted by Gasteiger charge is -2.35. The summed E-state index contributed by atoms with van der Waals surface area (Å²) in [5, 5.41) is 3.63. The van der Waals surface area contributed by atoms with E-state index in [0.29, 0.717) is 27.7 Å². The molecule has 0 saturated heterocycles. The van der Waals surface area contributed by atoms with Crippen molar-refractivity contribution in [2.24, 2.45) is 0 Å². The van der Waals surface area contributed by atoms with E-state index in [9.17, 15) is 18.0 Å². The summed E-state index contributed by atoms with van der Waals surface area (Å²) in [5.74, 6) is -0.870. The lowest BCUT2D eigenvalue weighted by Crippen LogP contribution is -2.55. The lowest BCUT2D eigenvalue weighted by atomic mass is 10.0. The van der Waals surface area contributed by atoms with Crippen LogP contribution in [0.5, 0.6) is 0 Å². The van der Waals surface area contributed by atoms with E-state index in [4.69, 9.17) is 23.2 Å². The highest BCUT2D eigenvalue weighted by Crippen LogP contribution is 2.30. The number of sulfonamides is 1. The maximum atomic E-state index is 13.9. The number of nitrogens with zero attached hydrogens (tertiary/aromatic N) is 2. The van der Waals surface area contributed by atoms with Crippen molar-refractivity contribution in [3.8, 4) is 0 Å². The molecule has 0 aliphatic heterocycles. The zero-order valence-corrected chi connectivity index (χ0v) is 24.8. The highest BCUT2D eigenvalue weighted by molar-refractivity contribution is 7.92. The van der Waals surface area contributed by atoms with Crippen LogP contribution in [0.25, 0.3) is 0 Å². The van der Waals surface area contributed by atoms with Crippen LogP contribution in [0, 0.1) is 0 Å². The number of amides is 2. The van der Waals surface area contributed by atoms with Crippen molar-refractivity contribution in [3.05, 3.63) is 63.6 Å². The Hall–Kier alpha value is -2.29. The van der Waals surface area contributed by atoms with Crippen molar-refractivity contribution < 1.29 is 18.0 Å². The molecule has 204 valence electrons. The SMILES string of the molecule is CC[C@H](C(=O)NC(C)(C)C)N(Cc1c(Cl)cccc1Cl)C(=O)CN(c1ccccc1C(C)C)S(C)(=O)=O. The van der Waals surface area contributed by atoms with Crippen molar-refractivity contribution in [2.75, 3.05) is 17.1 Å². The first-order valence-corrected chi connectivity index (χ1v) is 14.8. The summed E-state index contributed by atoms with van der Waals surface area (Å²) >= 11 is 12.8. The van der Waals surface area contributed by atoms with Crippen LogP contribution in [-0.2, 0) is 26.2 Å². The molecule has 0 unspecified atom stereocenters. The van der Waals surface area contributed by atoms with E-state index >= 15 is 0 Å². The molecular formula is C27H37Cl2N3O4S. The quantitative estimate of drug-likeness (QED) is 0.403. The molecule has 0 heterocycles. The van der Waals surface area contributed by atoms with Gasteiger partial charge in [0.1, 0.15) is 12.6 Å². The fourth-order valence-corrected chi connectivity index (χ4v) is 5.41. The van der Waals surface area contributed by atoms with Crippen molar-refractivity contribution in [2.45, 2.75) is 72.0 Å². The van der Waals surface area contributed by atoms with Crippen molar-refractivity contribution in [1.82, 2.24) is 10.2 Å². The zero-order chi connectivity index (χ0) is 28.1. The van der Waals surface area contributed by atoms with E-state index < -0.39 is 34.1 Å². The van der Waals surface area contributed by atoms with Crippen LogP contribution >= 0.6 is 23.2 Å². The molecule has 10 heteroatoms. The molecule has 2 aromatic carbocycles. The number of para-hydroxylation sites is 1. The predicted octanol–water partition coefficient (Wildman–Crippen LogP) is 5.60. The van der Waals surface area contributed by atoms with E-state index in [1.54, 1.807) is 37.3 Å². The van der Waals surface area contributed by atoms with Gasteiger partial charge in [0.15, 0.2) is 0 Å². The smallest absolute Gasteiger partial charge is 0.244 e. The molecule has 1 N–H and O–H groups in total. The Balaban J connectivity index is 2.59. The number of carbonyl (C=O) groups is 2. The molecule has 2 rings (SSSR count). The number of halogens is 2. The van der Waals surface area contributed by atoms with Crippen LogP contribution in [0.15, 0.2) is 42.5 Å². The van der Waals surface area contributed by atoms with E-state index in [1.807, 2.05) is 46.8 Å². The molecule has 0 aliphatic rings. The number of rotatable bonds is 10. The van der Waals surface area contributed by atoms with Crippen molar-refractivity contribution in [3.63, 3.8) is 0 Å². The first-order chi connectivity index (χ1) is 17.1. The van der Waals surface area contributed by atoms with Crippen LogP contribution in [0.3, 0.4) is 0 Å². The number of carbonyl (C=O) groups excluding carboxylic acids is 2. The second-order valence-corrected chi connectivity index (χ2v) is 13.1. The van der Waals surface area contributed by atoms with Gasteiger partial charge in [-0.15, -0.1) is 0 Å². The summed E-state index contributed by atoms with van der Waals surface area (Å²) in [5.41, 5.74) is 1.17. The molecule has 0 bridgehead atoms. The normalized spacial score (nSPS) is 12.8. The van der Waals surface area contributed by atoms with Gasteiger partial charge in [-0.1, -0.05) is 68.2 Å². The molecule has 0 fully saturated rings. The monoisotopic (exact) mass is 569 g/mol. The number of hydrogen-bond acceptors (Lipinski definition) is 4. The van der Waals surface area contributed by atoms with Gasteiger partial charge < -0.3 is 10.2 Å². The number of benzene rings is 2. The Bertz CT molecular complexity index is 1210. The summed E-state index contributed by atoms with van der Waals surface area (Å²) in [6, 6.07) is 11.2. The van der Waals surface area contributed by atoms with Gasteiger partial charge in [-0.3, -0.25) is 13.9 Å². The molecule has 7 nitrogen and oxygen atoms in total. The molecule has 1 atom stereocenters. The molecule has 0 saturated carbocycles. The Morgan fingerprint density at radius 2 is 1.57 bits per heavy atom. The predicted molar refractivity (Wildman–Crippen MR) is 152 cm³/mol. The third-order valence-electron chi connectivity index (χ3n) is 5.78. The van der Waals surface area contributed by atoms with E-state index in [2.05, 4.69) is 5.32 Å². The largest absolute Gasteiger partial charge is 0.350 e. The molecular weight excluding hydrogens is 533 g/mol. The van der Waals surface area contributed by atoms with Crippen LogP contribution < -0.4 is 9.62 Å². The average molecular weight is 571 g/mol. The van der Waals surface area contributed by atoms with E-state index in [-0.39, 0.29) is 18.4 Å². The van der Waals surface area contributed by atoms with Gasteiger partial charge in [0.05, 0.1) is 11.9 Å². The van der Waals surface area contributed by atoms with Gasteiger partial charge in [-0.2, -0.15) is 0 Å². The van der Waals surface area contributed by atoms with Gasteiger partial charge >= 0.3 is 0 Å². The van der Waals surface area contributed by atoms with Crippen molar-refractivity contribution in [1.29, 1.82) is 0 Å². The minimum atomic E-state index is -3.84. The zero-order valence-electron chi connectivity index (χ0n) is 22.5. The fourth-order valence-electron chi connectivity index (χ4n) is 4.02. The van der Waals surface area contributed by atoms with Crippen LogP contribution in [0.2, 0.25) is 10.0 Å². The second-order valence-electron chi connectivity index (χ2n) is 10.4. The van der Waals surface area contributed by atoms with Crippen molar-refractivity contribution >= 4 is 50.7 Å². The first kappa shape index (κ1) is 30.9.